The van der Waals surface area contributed by atoms with E-state index in [9.17, 15) is 14.4 Å². The summed E-state index contributed by atoms with van der Waals surface area (Å²) in [5, 5.41) is 3.12. The maximum absolute atomic E-state index is 13.3. The van der Waals surface area contributed by atoms with Gasteiger partial charge in [0.2, 0.25) is 0 Å². The number of urea groups is 1. The zero-order valence-corrected chi connectivity index (χ0v) is 22.5. The van der Waals surface area contributed by atoms with Gasteiger partial charge in [0, 0.05) is 10.6 Å². The number of hydrogen-bond donors (Lipinski definition) is 1. The molecule has 1 heterocycles. The molecule has 0 atom stereocenters. The van der Waals surface area contributed by atoms with Gasteiger partial charge in [0.25, 0.3) is 11.8 Å². The van der Waals surface area contributed by atoms with Crippen LogP contribution in [0.1, 0.15) is 16.7 Å². The Labute approximate surface area is 240 Å². The van der Waals surface area contributed by atoms with Gasteiger partial charge in [0.05, 0.1) is 10.7 Å². The molecule has 1 fully saturated rings. The average Bonchev–Trinajstić information content (AvgIpc) is 2.95. The highest BCUT2D eigenvalue weighted by molar-refractivity contribution is 6.39. The molecule has 40 heavy (non-hydrogen) atoms. The van der Waals surface area contributed by atoms with E-state index in [2.05, 4.69) is 5.32 Å². The lowest BCUT2D eigenvalue weighted by atomic mass is 10.1. The van der Waals surface area contributed by atoms with E-state index in [4.69, 9.17) is 32.7 Å². The van der Waals surface area contributed by atoms with Crippen molar-refractivity contribution >= 4 is 52.8 Å². The number of halogens is 2. The third kappa shape index (κ3) is 6.17. The second-order valence-corrected chi connectivity index (χ2v) is 9.61. The third-order valence-electron chi connectivity index (χ3n) is 6.05. The van der Waals surface area contributed by atoms with Crippen molar-refractivity contribution in [2.24, 2.45) is 0 Å². The number of imide groups is 2. The maximum Gasteiger partial charge on any atom is 0.335 e. The summed E-state index contributed by atoms with van der Waals surface area (Å²) in [6.45, 7) is 0.588. The van der Waals surface area contributed by atoms with Crippen LogP contribution < -0.4 is 19.7 Å². The van der Waals surface area contributed by atoms with Crippen LogP contribution in [0, 0.1) is 0 Å². The van der Waals surface area contributed by atoms with E-state index < -0.39 is 17.8 Å². The van der Waals surface area contributed by atoms with Gasteiger partial charge in [0.15, 0.2) is 0 Å². The lowest BCUT2D eigenvalue weighted by Gasteiger charge is -2.26. The molecule has 1 aliphatic rings. The Hall–Kier alpha value is -4.59. The first kappa shape index (κ1) is 27.0. The Bertz CT molecular complexity index is 1600. The minimum absolute atomic E-state index is 0.215. The molecule has 0 unspecified atom stereocenters. The van der Waals surface area contributed by atoms with Gasteiger partial charge in [-0.05, 0) is 59.7 Å². The topological polar surface area (TPSA) is 84.9 Å². The molecule has 4 aromatic rings. The van der Waals surface area contributed by atoms with Crippen LogP contribution in [0.15, 0.2) is 103 Å². The van der Waals surface area contributed by atoms with Gasteiger partial charge in [-0.15, -0.1) is 0 Å². The molecule has 0 aromatic heterocycles. The number of nitrogens with zero attached hydrogens (tertiary/aromatic N) is 1. The lowest BCUT2D eigenvalue weighted by Crippen LogP contribution is -2.54. The normalized spacial score (nSPS) is 14.3. The van der Waals surface area contributed by atoms with Gasteiger partial charge in [-0.25, -0.2) is 9.69 Å². The Morgan fingerprint density at radius 3 is 2.20 bits per heavy atom. The fourth-order valence-electron chi connectivity index (χ4n) is 3.99. The molecular formula is C31H22Cl2N2O5. The summed E-state index contributed by atoms with van der Waals surface area (Å²) < 4.78 is 11.6. The molecule has 1 saturated heterocycles. The SMILES string of the molecule is O=C1NC(=O)N(c2ccc(OCc3ccccc3Cl)cc2)C(=O)/C1=C/c1ccc(OCc2ccccc2)c(Cl)c1. The molecular weight excluding hydrogens is 551 g/mol. The molecule has 7 nitrogen and oxygen atoms in total. The van der Waals surface area contributed by atoms with Gasteiger partial charge < -0.3 is 9.47 Å². The van der Waals surface area contributed by atoms with Gasteiger partial charge in [-0.3, -0.25) is 14.9 Å². The van der Waals surface area contributed by atoms with Crippen molar-refractivity contribution in [1.82, 2.24) is 5.32 Å². The molecule has 0 saturated carbocycles. The fourth-order valence-corrected chi connectivity index (χ4v) is 4.42. The zero-order chi connectivity index (χ0) is 28.1. The van der Waals surface area contributed by atoms with E-state index in [0.717, 1.165) is 16.0 Å². The average molecular weight is 573 g/mol. The summed E-state index contributed by atoms with van der Waals surface area (Å²) >= 11 is 12.6. The van der Waals surface area contributed by atoms with Crippen LogP contribution in [0.2, 0.25) is 10.0 Å². The maximum atomic E-state index is 13.3. The predicted molar refractivity (Wildman–Crippen MR) is 153 cm³/mol. The molecule has 0 spiro atoms. The van der Waals surface area contributed by atoms with Crippen molar-refractivity contribution in [3.8, 4) is 11.5 Å². The number of carbonyl (C=O) groups is 3. The second kappa shape index (κ2) is 12.1. The van der Waals surface area contributed by atoms with Crippen molar-refractivity contribution in [1.29, 1.82) is 0 Å². The van der Waals surface area contributed by atoms with E-state index in [1.807, 2.05) is 48.5 Å². The van der Waals surface area contributed by atoms with E-state index in [-0.39, 0.29) is 17.9 Å². The predicted octanol–water partition coefficient (Wildman–Crippen LogP) is 6.82. The van der Waals surface area contributed by atoms with Gasteiger partial charge >= 0.3 is 6.03 Å². The molecule has 0 aliphatic carbocycles. The Morgan fingerprint density at radius 1 is 0.750 bits per heavy atom. The second-order valence-electron chi connectivity index (χ2n) is 8.80. The molecule has 200 valence electrons. The number of benzene rings is 4. The van der Waals surface area contributed by atoms with Crippen LogP contribution >= 0.6 is 23.2 Å². The number of rotatable bonds is 8. The van der Waals surface area contributed by atoms with E-state index >= 15 is 0 Å². The smallest absolute Gasteiger partial charge is 0.335 e. The quantitative estimate of drug-likeness (QED) is 0.185. The van der Waals surface area contributed by atoms with Gasteiger partial charge in [0.1, 0.15) is 30.3 Å². The van der Waals surface area contributed by atoms with Crippen molar-refractivity contribution in [3.05, 3.63) is 129 Å². The minimum Gasteiger partial charge on any atom is -0.489 e. The molecule has 5 rings (SSSR count). The standard InChI is InChI=1S/C31H22Cl2N2O5/c32-26-9-5-4-8-22(26)19-39-24-13-11-23(12-14-24)35-30(37)25(29(36)34-31(35)38)16-21-10-15-28(27(33)17-21)40-18-20-6-2-1-3-7-20/h1-17H,18-19H2,(H,34,36,38)/b25-16+. The number of hydrogen-bond acceptors (Lipinski definition) is 5. The van der Waals surface area contributed by atoms with E-state index in [1.54, 1.807) is 48.5 Å². The van der Waals surface area contributed by atoms with Crippen molar-refractivity contribution in [2.45, 2.75) is 13.2 Å². The lowest BCUT2D eigenvalue weighted by molar-refractivity contribution is -0.122. The summed E-state index contributed by atoms with van der Waals surface area (Å²) in [5.41, 5.74) is 2.36. The number of ether oxygens (including phenoxy) is 2. The zero-order valence-electron chi connectivity index (χ0n) is 21.0. The molecule has 1 aliphatic heterocycles. The van der Waals surface area contributed by atoms with Gasteiger partial charge in [-0.2, -0.15) is 0 Å². The molecule has 1 N–H and O–H groups in total. The molecule has 0 radical (unpaired) electrons. The number of amides is 4. The highest BCUT2D eigenvalue weighted by Crippen LogP contribution is 2.29. The minimum atomic E-state index is -0.848. The summed E-state index contributed by atoms with van der Waals surface area (Å²) in [7, 11) is 0. The Kier molecular flexibility index (Phi) is 8.15. The summed E-state index contributed by atoms with van der Waals surface area (Å²) in [4.78, 5) is 39.3. The Morgan fingerprint density at radius 2 is 1.48 bits per heavy atom. The summed E-state index contributed by atoms with van der Waals surface area (Å²) in [5.74, 6) is -0.587. The van der Waals surface area contributed by atoms with Crippen LogP contribution in [0.3, 0.4) is 0 Å². The number of anilines is 1. The molecule has 4 amide bonds. The molecule has 0 bridgehead atoms. The van der Waals surface area contributed by atoms with Crippen LogP contribution in [0.25, 0.3) is 6.08 Å². The number of nitrogens with one attached hydrogen (secondary N) is 1. The van der Waals surface area contributed by atoms with Crippen molar-refractivity contribution in [2.75, 3.05) is 4.90 Å². The first-order chi connectivity index (χ1) is 19.4. The van der Waals surface area contributed by atoms with Crippen LogP contribution in [0.4, 0.5) is 10.5 Å². The largest absolute Gasteiger partial charge is 0.489 e. The summed E-state index contributed by atoms with van der Waals surface area (Å²) in [6, 6.07) is 27.4. The molecule has 9 heteroatoms. The fraction of sp³-hybridized carbons (Fsp3) is 0.0645. The van der Waals surface area contributed by atoms with E-state index in [0.29, 0.717) is 33.7 Å². The highest BCUT2D eigenvalue weighted by Gasteiger charge is 2.36. The monoisotopic (exact) mass is 572 g/mol. The van der Waals surface area contributed by atoms with Crippen molar-refractivity contribution < 1.29 is 23.9 Å². The van der Waals surface area contributed by atoms with Crippen LogP contribution in [-0.2, 0) is 22.8 Å². The number of carbonyl (C=O) groups excluding carboxylic acids is 3. The highest BCUT2D eigenvalue weighted by atomic mass is 35.5. The van der Waals surface area contributed by atoms with E-state index in [1.165, 1.54) is 6.08 Å². The first-order valence-electron chi connectivity index (χ1n) is 12.2. The van der Waals surface area contributed by atoms with Crippen LogP contribution in [0.5, 0.6) is 11.5 Å². The third-order valence-corrected chi connectivity index (χ3v) is 6.72. The molecule has 4 aromatic carbocycles. The van der Waals surface area contributed by atoms with Crippen molar-refractivity contribution in [3.63, 3.8) is 0 Å². The number of barbiturate groups is 1. The van der Waals surface area contributed by atoms with Crippen LogP contribution in [-0.4, -0.2) is 17.8 Å². The first-order valence-corrected chi connectivity index (χ1v) is 13.0. The summed E-state index contributed by atoms with van der Waals surface area (Å²) in [6.07, 6.45) is 1.38. The van der Waals surface area contributed by atoms with Gasteiger partial charge in [-0.1, -0.05) is 77.8 Å². The Balaban J connectivity index is 1.30.